The minimum atomic E-state index is 0.473. The van der Waals surface area contributed by atoms with Crippen molar-refractivity contribution in [1.29, 1.82) is 0 Å². The van der Waals surface area contributed by atoms with E-state index in [0.717, 1.165) is 18.6 Å². The van der Waals surface area contributed by atoms with Crippen LogP contribution in [-0.2, 0) is 4.74 Å². The van der Waals surface area contributed by atoms with Crippen LogP contribution in [0.1, 0.15) is 46.5 Å². The fourth-order valence-corrected chi connectivity index (χ4v) is 3.54. The van der Waals surface area contributed by atoms with E-state index in [9.17, 15) is 0 Å². The summed E-state index contributed by atoms with van der Waals surface area (Å²) in [7, 11) is 0. The summed E-state index contributed by atoms with van der Waals surface area (Å²) in [6.45, 7) is 12.8. The van der Waals surface area contributed by atoms with Gasteiger partial charge in [0.05, 0.1) is 6.10 Å². The lowest BCUT2D eigenvalue weighted by Gasteiger charge is -2.40. The molecule has 112 valence electrons. The molecule has 0 bridgehead atoms. The smallest absolute Gasteiger partial charge is 0.0612 e. The zero-order valence-corrected chi connectivity index (χ0v) is 13.0. The van der Waals surface area contributed by atoms with Crippen LogP contribution in [0.15, 0.2) is 0 Å². The van der Waals surface area contributed by atoms with Gasteiger partial charge in [-0.3, -0.25) is 0 Å². The molecule has 1 N–H and O–H groups in total. The normalized spacial score (nSPS) is 30.2. The van der Waals surface area contributed by atoms with Crippen LogP contribution in [0.2, 0.25) is 0 Å². The van der Waals surface area contributed by atoms with Gasteiger partial charge >= 0.3 is 0 Å². The molecule has 0 aromatic heterocycles. The van der Waals surface area contributed by atoms with Gasteiger partial charge in [-0.2, -0.15) is 0 Å². The highest BCUT2D eigenvalue weighted by molar-refractivity contribution is 4.83. The van der Waals surface area contributed by atoms with Crippen LogP contribution < -0.4 is 5.32 Å². The Morgan fingerprint density at radius 1 is 1.21 bits per heavy atom. The standard InChI is InChI=1S/C16H32N2O/c1-4-18(12-14-5-8-17-9-6-14)15-7-10-19-16(11-15)13(2)3/h13-17H,4-12H2,1-3H3. The molecule has 0 aromatic rings. The zero-order valence-electron chi connectivity index (χ0n) is 13.0. The number of hydrogen-bond donors (Lipinski definition) is 1. The Balaban J connectivity index is 1.85. The lowest BCUT2D eigenvalue weighted by atomic mass is 9.92. The van der Waals surface area contributed by atoms with Gasteiger partial charge in [-0.05, 0) is 57.2 Å². The average molecular weight is 268 g/mol. The lowest BCUT2D eigenvalue weighted by Crippen LogP contribution is -2.46. The molecule has 2 rings (SSSR count). The number of hydrogen-bond acceptors (Lipinski definition) is 3. The molecule has 19 heavy (non-hydrogen) atoms. The second kappa shape index (κ2) is 7.61. The van der Waals surface area contributed by atoms with Gasteiger partial charge in [0.25, 0.3) is 0 Å². The number of piperidine rings is 1. The van der Waals surface area contributed by atoms with Crippen molar-refractivity contribution in [2.75, 3.05) is 32.8 Å². The molecule has 0 aromatic carbocycles. The van der Waals surface area contributed by atoms with Gasteiger partial charge in [-0.25, -0.2) is 0 Å². The monoisotopic (exact) mass is 268 g/mol. The van der Waals surface area contributed by atoms with E-state index in [2.05, 4.69) is 31.0 Å². The van der Waals surface area contributed by atoms with Gasteiger partial charge in [-0.1, -0.05) is 20.8 Å². The number of rotatable bonds is 5. The van der Waals surface area contributed by atoms with Gasteiger partial charge in [0, 0.05) is 19.2 Å². The summed E-state index contributed by atoms with van der Waals surface area (Å²) in [6.07, 6.45) is 5.64. The molecule has 2 aliphatic heterocycles. The van der Waals surface area contributed by atoms with E-state index in [4.69, 9.17) is 4.74 Å². The van der Waals surface area contributed by atoms with E-state index in [1.165, 1.54) is 51.9 Å². The van der Waals surface area contributed by atoms with Crippen LogP contribution in [-0.4, -0.2) is 49.8 Å². The van der Waals surface area contributed by atoms with E-state index in [1.807, 2.05) is 0 Å². The Morgan fingerprint density at radius 3 is 2.58 bits per heavy atom. The van der Waals surface area contributed by atoms with E-state index in [0.29, 0.717) is 12.0 Å². The van der Waals surface area contributed by atoms with Crippen LogP contribution in [0, 0.1) is 11.8 Å². The molecule has 2 unspecified atom stereocenters. The Morgan fingerprint density at radius 2 is 1.95 bits per heavy atom. The minimum Gasteiger partial charge on any atom is -0.378 e. The molecular formula is C16H32N2O. The molecule has 2 atom stereocenters. The van der Waals surface area contributed by atoms with Crippen molar-refractivity contribution in [3.05, 3.63) is 0 Å². The third kappa shape index (κ3) is 4.44. The first kappa shape index (κ1) is 15.3. The Bertz CT molecular complexity index is 251. The highest BCUT2D eigenvalue weighted by atomic mass is 16.5. The van der Waals surface area contributed by atoms with Crippen molar-refractivity contribution >= 4 is 0 Å². The molecule has 0 aliphatic carbocycles. The van der Waals surface area contributed by atoms with Crippen molar-refractivity contribution in [3.8, 4) is 0 Å². The molecule has 0 saturated carbocycles. The van der Waals surface area contributed by atoms with Crippen LogP contribution in [0.25, 0.3) is 0 Å². The maximum Gasteiger partial charge on any atom is 0.0612 e. The van der Waals surface area contributed by atoms with Crippen LogP contribution in [0.4, 0.5) is 0 Å². The fourth-order valence-electron chi connectivity index (χ4n) is 3.54. The minimum absolute atomic E-state index is 0.473. The molecule has 0 spiro atoms. The quantitative estimate of drug-likeness (QED) is 0.829. The molecule has 3 heteroatoms. The van der Waals surface area contributed by atoms with Gasteiger partial charge in [0.15, 0.2) is 0 Å². The SMILES string of the molecule is CCN(CC1CCNCC1)C1CCOC(C(C)C)C1. The summed E-state index contributed by atoms with van der Waals surface area (Å²) < 4.78 is 5.92. The summed E-state index contributed by atoms with van der Waals surface area (Å²) in [4.78, 5) is 2.73. The zero-order chi connectivity index (χ0) is 13.7. The molecular weight excluding hydrogens is 236 g/mol. The highest BCUT2D eigenvalue weighted by Crippen LogP contribution is 2.25. The molecule has 2 fully saturated rings. The van der Waals surface area contributed by atoms with Crippen molar-refractivity contribution in [3.63, 3.8) is 0 Å². The summed E-state index contributed by atoms with van der Waals surface area (Å²) in [6, 6.07) is 0.751. The molecule has 2 heterocycles. The van der Waals surface area contributed by atoms with Crippen LogP contribution in [0.3, 0.4) is 0 Å². The third-order valence-corrected chi connectivity index (χ3v) is 4.90. The van der Waals surface area contributed by atoms with Crippen LogP contribution >= 0.6 is 0 Å². The topological polar surface area (TPSA) is 24.5 Å². The molecule has 0 amide bonds. The van der Waals surface area contributed by atoms with Gasteiger partial charge < -0.3 is 15.0 Å². The van der Waals surface area contributed by atoms with E-state index in [1.54, 1.807) is 0 Å². The maximum atomic E-state index is 5.92. The molecule has 2 aliphatic rings. The maximum absolute atomic E-state index is 5.92. The van der Waals surface area contributed by atoms with Gasteiger partial charge in [0.2, 0.25) is 0 Å². The average Bonchev–Trinajstić information content (AvgIpc) is 2.46. The Labute approximate surface area is 119 Å². The van der Waals surface area contributed by atoms with Gasteiger partial charge in [0.1, 0.15) is 0 Å². The largest absolute Gasteiger partial charge is 0.378 e. The second-order valence-corrected chi connectivity index (χ2v) is 6.61. The van der Waals surface area contributed by atoms with Crippen molar-refractivity contribution in [2.45, 2.75) is 58.6 Å². The molecule has 0 radical (unpaired) electrons. The van der Waals surface area contributed by atoms with Crippen molar-refractivity contribution in [1.82, 2.24) is 10.2 Å². The van der Waals surface area contributed by atoms with Gasteiger partial charge in [-0.15, -0.1) is 0 Å². The summed E-state index contributed by atoms with van der Waals surface area (Å²) in [5, 5.41) is 3.47. The number of nitrogens with zero attached hydrogens (tertiary/aromatic N) is 1. The molecule has 3 nitrogen and oxygen atoms in total. The second-order valence-electron chi connectivity index (χ2n) is 6.61. The lowest BCUT2D eigenvalue weighted by molar-refractivity contribution is -0.0503. The fraction of sp³-hybridized carbons (Fsp3) is 1.00. The number of ether oxygens (including phenoxy) is 1. The van der Waals surface area contributed by atoms with Crippen molar-refractivity contribution < 1.29 is 4.74 Å². The van der Waals surface area contributed by atoms with E-state index < -0.39 is 0 Å². The van der Waals surface area contributed by atoms with E-state index in [-0.39, 0.29) is 0 Å². The Kier molecular flexibility index (Phi) is 6.11. The highest BCUT2D eigenvalue weighted by Gasteiger charge is 2.29. The number of nitrogens with one attached hydrogen (secondary N) is 1. The predicted octanol–water partition coefficient (Wildman–Crippen LogP) is 2.51. The molecule has 2 saturated heterocycles. The third-order valence-electron chi connectivity index (χ3n) is 4.90. The van der Waals surface area contributed by atoms with Crippen molar-refractivity contribution in [2.24, 2.45) is 11.8 Å². The first-order chi connectivity index (χ1) is 9.20. The first-order valence-corrected chi connectivity index (χ1v) is 8.27. The van der Waals surface area contributed by atoms with E-state index >= 15 is 0 Å². The Hall–Kier alpha value is -0.120. The predicted molar refractivity (Wildman–Crippen MR) is 80.4 cm³/mol. The summed E-state index contributed by atoms with van der Waals surface area (Å²) in [5.74, 6) is 1.56. The van der Waals surface area contributed by atoms with Crippen LogP contribution in [0.5, 0.6) is 0 Å². The first-order valence-electron chi connectivity index (χ1n) is 8.27. The summed E-state index contributed by atoms with van der Waals surface area (Å²) >= 11 is 0. The summed E-state index contributed by atoms with van der Waals surface area (Å²) in [5.41, 5.74) is 0.